The molecule has 4 aromatic carbocycles. The Morgan fingerprint density at radius 2 is 1.39 bits per heavy atom. The van der Waals surface area contributed by atoms with E-state index in [9.17, 15) is 4.79 Å². The highest BCUT2D eigenvalue weighted by Gasteiger charge is 2.79. The third-order valence-corrected chi connectivity index (χ3v) is 14.5. The van der Waals surface area contributed by atoms with Crippen LogP contribution in [-0.2, 0) is 30.3 Å². The summed E-state index contributed by atoms with van der Waals surface area (Å²) >= 11 is 0. The van der Waals surface area contributed by atoms with Gasteiger partial charge in [0.15, 0.2) is 5.78 Å². The number of likely N-dealkylation sites (tertiary alicyclic amines) is 1. The van der Waals surface area contributed by atoms with Crippen LogP contribution in [-0.4, -0.2) is 76.5 Å². The fourth-order valence-corrected chi connectivity index (χ4v) is 12.7. The van der Waals surface area contributed by atoms with E-state index in [0.29, 0.717) is 48.4 Å². The molecule has 0 aromatic heterocycles. The summed E-state index contributed by atoms with van der Waals surface area (Å²) < 4.78 is 32.1. The molecule has 7 heterocycles. The van der Waals surface area contributed by atoms with Gasteiger partial charge in [-0.1, -0.05) is 72.8 Å². The van der Waals surface area contributed by atoms with Gasteiger partial charge in [0.1, 0.15) is 22.7 Å². The summed E-state index contributed by atoms with van der Waals surface area (Å²) in [5, 5.41) is 6.20. The van der Waals surface area contributed by atoms with Gasteiger partial charge in [0.25, 0.3) is 5.91 Å². The van der Waals surface area contributed by atoms with Crippen LogP contribution in [0.15, 0.2) is 103 Å². The molecule has 4 aromatic rings. The molecule has 288 valence electrons. The number of anilines is 2. The topological polar surface area (TPSA) is 102 Å². The van der Waals surface area contributed by atoms with Crippen LogP contribution in [0.2, 0.25) is 0 Å². The lowest BCUT2D eigenvalue weighted by Gasteiger charge is -2.52. The largest absolute Gasteiger partial charge is 0.337 e. The summed E-state index contributed by atoms with van der Waals surface area (Å²) in [5.74, 6) is -4.09. The molecule has 57 heavy (non-hydrogen) atoms. The summed E-state index contributed by atoms with van der Waals surface area (Å²) in [4.78, 5) is 67.6. The maximum Gasteiger partial charge on any atom is 0.250 e. The smallest absolute Gasteiger partial charge is 0.250 e. The Labute approximate surface area is 328 Å². The maximum absolute atomic E-state index is 16.5. The Kier molecular flexibility index (Phi) is 7.45. The van der Waals surface area contributed by atoms with Gasteiger partial charge in [0.2, 0.25) is 11.8 Å². The zero-order chi connectivity index (χ0) is 38.8. The predicted octanol–water partition coefficient (Wildman–Crippen LogP) is 6.19. The second kappa shape index (κ2) is 12.2. The third kappa shape index (κ3) is 4.28. The van der Waals surface area contributed by atoms with Crippen LogP contribution < -0.4 is 10.6 Å². The van der Waals surface area contributed by atoms with E-state index in [2.05, 4.69) is 20.4 Å². The van der Waals surface area contributed by atoms with E-state index in [1.165, 1.54) is 18.2 Å². The second-order valence-electron chi connectivity index (χ2n) is 16.8. The molecule has 7 aliphatic heterocycles. The summed E-state index contributed by atoms with van der Waals surface area (Å²) in [6.45, 7) is 0.769. The number of halogens is 2. The van der Waals surface area contributed by atoms with Gasteiger partial charge in [-0.3, -0.25) is 29.0 Å². The predicted molar refractivity (Wildman–Crippen MR) is 209 cm³/mol. The van der Waals surface area contributed by atoms with Gasteiger partial charge in [-0.2, -0.15) is 0 Å². The molecule has 11 heteroatoms. The van der Waals surface area contributed by atoms with Crippen LogP contribution >= 0.6 is 0 Å². The van der Waals surface area contributed by atoms with Crippen LogP contribution in [0.5, 0.6) is 0 Å². The van der Waals surface area contributed by atoms with Gasteiger partial charge in [0.05, 0.1) is 11.3 Å². The highest BCUT2D eigenvalue weighted by Crippen LogP contribution is 2.69. The molecular formula is C46H41F2N5O4. The normalized spacial score (nSPS) is 33.3. The van der Waals surface area contributed by atoms with Gasteiger partial charge >= 0.3 is 0 Å². The number of carbonyl (C=O) groups excluding carboxylic acids is 4. The third-order valence-electron chi connectivity index (χ3n) is 14.5. The number of para-hydroxylation sites is 2. The zero-order valence-electron chi connectivity index (χ0n) is 31.2. The molecular weight excluding hydrogens is 725 g/mol. The molecule has 11 rings (SSSR count). The highest BCUT2D eigenvalue weighted by molar-refractivity contribution is 6.17. The molecule has 2 N–H and O–H groups in total. The van der Waals surface area contributed by atoms with Gasteiger partial charge in [-0.25, -0.2) is 8.78 Å². The van der Waals surface area contributed by atoms with Crippen molar-refractivity contribution in [1.29, 1.82) is 0 Å². The number of nitrogens with zero attached hydrogens (tertiary/aromatic N) is 3. The molecule has 0 radical (unpaired) electrons. The second-order valence-corrected chi connectivity index (χ2v) is 16.8. The first-order valence-corrected chi connectivity index (χ1v) is 20.1. The van der Waals surface area contributed by atoms with Gasteiger partial charge < -0.3 is 15.5 Å². The van der Waals surface area contributed by atoms with Gasteiger partial charge in [0, 0.05) is 64.7 Å². The molecule has 5 saturated heterocycles. The Balaban J connectivity index is 1.17. The zero-order valence-corrected chi connectivity index (χ0v) is 31.2. The van der Waals surface area contributed by atoms with E-state index in [1.807, 2.05) is 48.5 Å². The van der Waals surface area contributed by atoms with E-state index in [0.717, 1.165) is 24.8 Å². The lowest BCUT2D eigenvalue weighted by Crippen LogP contribution is -2.67. The Hall–Kier alpha value is -5.52. The summed E-state index contributed by atoms with van der Waals surface area (Å²) in [7, 11) is 0. The van der Waals surface area contributed by atoms with Gasteiger partial charge in [-0.15, -0.1) is 0 Å². The van der Waals surface area contributed by atoms with E-state index in [4.69, 9.17) is 0 Å². The number of rotatable bonds is 3. The highest BCUT2D eigenvalue weighted by atomic mass is 19.1. The molecule has 3 amide bonds. The van der Waals surface area contributed by atoms with Crippen molar-refractivity contribution in [3.63, 3.8) is 0 Å². The van der Waals surface area contributed by atoms with Crippen molar-refractivity contribution in [3.8, 4) is 0 Å². The van der Waals surface area contributed by atoms with Gasteiger partial charge in [-0.05, 0) is 81.1 Å². The Bertz CT molecular complexity index is 2470. The maximum atomic E-state index is 16.5. The van der Waals surface area contributed by atoms with Crippen LogP contribution in [0.1, 0.15) is 60.3 Å². The number of carbonyl (C=O) groups is 4. The van der Waals surface area contributed by atoms with E-state index < -0.39 is 57.7 Å². The van der Waals surface area contributed by atoms with Crippen LogP contribution in [0.25, 0.3) is 6.08 Å². The number of piperidine rings is 1. The van der Waals surface area contributed by atoms with Crippen molar-refractivity contribution in [1.82, 2.24) is 14.7 Å². The number of hydrogen-bond acceptors (Lipinski definition) is 6. The number of ketones is 1. The molecule has 9 nitrogen and oxygen atoms in total. The molecule has 0 aliphatic carbocycles. The standard InChI is InChI=1S/C46H41F2N5O4/c47-34-16-5-1-11-27(34)23-28-25-51(41(55)33-24-29-12-9-21-52(29)45(33)31-14-3-7-18-36(31)49-42(45)56)26-44(40(28)54)39(30-13-2-6-17-35(30)48)38-20-10-22-53(38)46(44)32-15-4-8-19-37(32)50-43(46)57/h1-8,11,13-19,23,29,33,38-39H,9-10,12,20-22,24-26H2,(H,49,56)(H,50,57)/b28-23+/t29-,33-,38-,39-,44-,45+,46?/m1/s1. The quantitative estimate of drug-likeness (QED) is 0.242. The average Bonchev–Trinajstić information content (AvgIpc) is 4.06. The first-order valence-electron chi connectivity index (χ1n) is 20.1. The van der Waals surface area contributed by atoms with E-state index in [1.54, 1.807) is 41.3 Å². The van der Waals surface area contributed by atoms with E-state index in [-0.39, 0.29) is 42.1 Å². The Morgan fingerprint density at radius 1 is 0.737 bits per heavy atom. The summed E-state index contributed by atoms with van der Waals surface area (Å²) in [6.07, 6.45) is 5.02. The monoisotopic (exact) mass is 765 g/mol. The number of nitrogens with one attached hydrogen (secondary N) is 2. The lowest BCUT2D eigenvalue weighted by molar-refractivity contribution is -0.155. The summed E-state index contributed by atoms with van der Waals surface area (Å²) in [6, 6.07) is 27.0. The molecule has 0 bridgehead atoms. The number of hydrogen-bond donors (Lipinski definition) is 2. The molecule has 7 aliphatic rings. The molecule has 3 spiro atoms. The fourth-order valence-electron chi connectivity index (χ4n) is 12.7. The molecule has 7 atom stereocenters. The van der Waals surface area contributed by atoms with Crippen molar-refractivity contribution in [3.05, 3.63) is 137 Å². The van der Waals surface area contributed by atoms with Crippen LogP contribution in [0.4, 0.5) is 20.2 Å². The average molecular weight is 766 g/mol. The number of fused-ring (bicyclic) bond motifs is 9. The van der Waals surface area contributed by atoms with Crippen LogP contribution in [0, 0.1) is 23.0 Å². The number of Topliss-reactive ketones (excluding diaryl/α,β-unsaturated/α-hetero) is 1. The van der Waals surface area contributed by atoms with Crippen molar-refractivity contribution in [2.45, 2.75) is 61.2 Å². The molecule has 0 saturated carbocycles. The molecule has 5 fully saturated rings. The SMILES string of the molecule is O=C([C@H]1C[C@H]2CCCN2[C@]12C(=O)Nc1ccccc12)N1C/C(=C\c2ccccc2F)C(=O)[C@@]2(C1)[C@H](c1ccccc1F)[C@H]1CCCN1C21C(=O)Nc2ccccc21. The number of benzene rings is 4. The fraction of sp³-hybridized carbons (Fsp3) is 0.348. The minimum Gasteiger partial charge on any atom is -0.337 e. The van der Waals surface area contributed by atoms with E-state index >= 15 is 23.2 Å². The van der Waals surface area contributed by atoms with Crippen molar-refractivity contribution >= 4 is 41.0 Å². The number of amides is 3. The van der Waals surface area contributed by atoms with Crippen LogP contribution in [0.3, 0.4) is 0 Å². The first kappa shape index (κ1) is 34.7. The van der Waals surface area contributed by atoms with Crippen molar-refractivity contribution in [2.24, 2.45) is 11.3 Å². The minimum absolute atomic E-state index is 0.00777. The van der Waals surface area contributed by atoms with Crippen molar-refractivity contribution < 1.29 is 28.0 Å². The Morgan fingerprint density at radius 3 is 2.18 bits per heavy atom. The van der Waals surface area contributed by atoms with Crippen molar-refractivity contribution in [2.75, 3.05) is 36.8 Å². The first-order chi connectivity index (χ1) is 27.7. The lowest BCUT2D eigenvalue weighted by atomic mass is 9.54. The minimum atomic E-state index is -1.75. The summed E-state index contributed by atoms with van der Waals surface area (Å²) in [5.41, 5.74) is -1.43. The molecule has 1 unspecified atom stereocenters.